The second-order valence-electron chi connectivity index (χ2n) is 6.32. The number of nitrogens with one attached hydrogen (secondary N) is 1. The fourth-order valence-electron chi connectivity index (χ4n) is 2.69. The van der Waals surface area contributed by atoms with E-state index in [1.165, 1.54) is 11.8 Å². The Labute approximate surface area is 156 Å². The van der Waals surface area contributed by atoms with E-state index in [4.69, 9.17) is 0 Å². The number of amides is 1. The normalized spacial score (nSPS) is 14.8. The zero-order chi connectivity index (χ0) is 17.9. The van der Waals surface area contributed by atoms with Crippen molar-refractivity contribution in [1.82, 2.24) is 20.2 Å². The molecule has 1 N–H and O–H groups in total. The van der Waals surface area contributed by atoms with Gasteiger partial charge in [-0.3, -0.25) is 4.79 Å². The molecule has 6 nitrogen and oxygen atoms in total. The van der Waals surface area contributed by atoms with E-state index < -0.39 is 0 Å². The fourth-order valence-corrected chi connectivity index (χ4v) is 3.57. The van der Waals surface area contributed by atoms with Gasteiger partial charge in [0.1, 0.15) is 0 Å². The Kier molecular flexibility index (Phi) is 4.71. The molecule has 0 bridgehead atoms. The van der Waals surface area contributed by atoms with Gasteiger partial charge in [-0.2, -0.15) is 0 Å². The lowest BCUT2D eigenvalue weighted by molar-refractivity contribution is -0.115. The maximum absolute atomic E-state index is 12.5. The molecule has 1 aliphatic carbocycles. The molecule has 0 unspecified atom stereocenters. The number of carbonyl (C=O) groups is 1. The Morgan fingerprint density at radius 1 is 1.19 bits per heavy atom. The minimum absolute atomic E-state index is 0.0298. The summed E-state index contributed by atoms with van der Waals surface area (Å²) in [6.45, 7) is 1.91. The third kappa shape index (κ3) is 3.77. The van der Waals surface area contributed by atoms with E-state index in [1.807, 2.05) is 66.2 Å². The number of benzene rings is 2. The molecule has 1 fully saturated rings. The molecule has 0 radical (unpaired) electrons. The Hall–Kier alpha value is -2.67. The van der Waals surface area contributed by atoms with E-state index in [0.29, 0.717) is 6.04 Å². The molecule has 0 aliphatic heterocycles. The van der Waals surface area contributed by atoms with E-state index in [-0.39, 0.29) is 11.2 Å². The van der Waals surface area contributed by atoms with Crippen LogP contribution in [-0.4, -0.2) is 31.4 Å². The molecule has 1 atom stereocenters. The van der Waals surface area contributed by atoms with Gasteiger partial charge >= 0.3 is 0 Å². The second-order valence-corrected chi connectivity index (χ2v) is 7.74. The van der Waals surface area contributed by atoms with Crippen LogP contribution in [0.4, 0.5) is 5.69 Å². The van der Waals surface area contributed by atoms with Crippen LogP contribution >= 0.6 is 11.8 Å². The molecule has 1 aliphatic rings. The first-order chi connectivity index (χ1) is 12.7. The average molecular weight is 365 g/mol. The lowest BCUT2D eigenvalue weighted by Crippen LogP contribution is -2.22. The van der Waals surface area contributed by atoms with Gasteiger partial charge in [0.15, 0.2) is 5.82 Å². The fraction of sp³-hybridized carbons (Fsp3) is 0.263. The Morgan fingerprint density at radius 2 is 2.00 bits per heavy atom. The number of tetrazole rings is 1. The molecular weight excluding hydrogens is 346 g/mol. The van der Waals surface area contributed by atoms with E-state index >= 15 is 0 Å². The van der Waals surface area contributed by atoms with Gasteiger partial charge in [0.2, 0.25) is 5.91 Å². The molecule has 3 aromatic rings. The van der Waals surface area contributed by atoms with E-state index in [0.717, 1.165) is 34.8 Å². The summed E-state index contributed by atoms with van der Waals surface area (Å²) in [5, 5.41) is 14.8. The van der Waals surface area contributed by atoms with Crippen LogP contribution in [0.15, 0.2) is 59.5 Å². The third-order valence-electron chi connectivity index (χ3n) is 4.20. The van der Waals surface area contributed by atoms with Gasteiger partial charge in [0.25, 0.3) is 0 Å². The smallest absolute Gasteiger partial charge is 0.237 e. The second kappa shape index (κ2) is 7.29. The third-order valence-corrected chi connectivity index (χ3v) is 5.31. The molecule has 132 valence electrons. The highest BCUT2D eigenvalue weighted by Crippen LogP contribution is 2.36. The summed E-state index contributed by atoms with van der Waals surface area (Å²) in [5.74, 6) is 0.716. The summed E-state index contributed by atoms with van der Waals surface area (Å²) < 4.78 is 1.87. The van der Waals surface area contributed by atoms with Crippen molar-refractivity contribution >= 4 is 23.4 Å². The molecule has 7 heteroatoms. The van der Waals surface area contributed by atoms with Crippen LogP contribution < -0.4 is 5.32 Å². The quantitative estimate of drug-likeness (QED) is 0.673. The van der Waals surface area contributed by atoms with Gasteiger partial charge in [-0.05, 0) is 54.5 Å². The van der Waals surface area contributed by atoms with Crippen molar-refractivity contribution in [3.63, 3.8) is 0 Å². The first kappa shape index (κ1) is 16.8. The molecule has 0 saturated heterocycles. The summed E-state index contributed by atoms with van der Waals surface area (Å²) >= 11 is 1.54. The van der Waals surface area contributed by atoms with Gasteiger partial charge < -0.3 is 5.32 Å². The minimum atomic E-state index is -0.196. The number of nitrogens with zero attached hydrogens (tertiary/aromatic N) is 4. The number of rotatable bonds is 6. The number of anilines is 1. The minimum Gasteiger partial charge on any atom is -0.325 e. The SMILES string of the molecule is C[C@@H](Sc1ccccc1)C(=O)Nc1cccc(-c2nnnn2C2CC2)c1. The molecule has 26 heavy (non-hydrogen) atoms. The zero-order valence-corrected chi connectivity index (χ0v) is 15.2. The van der Waals surface area contributed by atoms with Gasteiger partial charge in [0, 0.05) is 16.1 Å². The molecule has 1 heterocycles. The molecule has 2 aromatic carbocycles. The first-order valence-corrected chi connectivity index (χ1v) is 9.49. The number of hydrogen-bond acceptors (Lipinski definition) is 5. The summed E-state index contributed by atoms with van der Waals surface area (Å²) in [7, 11) is 0. The topological polar surface area (TPSA) is 72.7 Å². The standard InChI is InChI=1S/C19H19N5OS/c1-13(26-17-8-3-2-4-9-17)19(25)20-15-7-5-6-14(12-15)18-21-22-23-24(18)16-10-11-16/h2-9,12-13,16H,10-11H2,1H3,(H,20,25)/t13-/m1/s1. The molecule has 1 aromatic heterocycles. The van der Waals surface area contributed by atoms with Crippen molar-refractivity contribution < 1.29 is 4.79 Å². The Bertz CT molecular complexity index is 907. The zero-order valence-electron chi connectivity index (χ0n) is 14.4. The van der Waals surface area contributed by atoms with Crippen molar-refractivity contribution in [3.05, 3.63) is 54.6 Å². The number of carbonyl (C=O) groups excluding carboxylic acids is 1. The summed E-state index contributed by atoms with van der Waals surface area (Å²) in [4.78, 5) is 13.6. The van der Waals surface area contributed by atoms with E-state index in [2.05, 4.69) is 20.8 Å². The van der Waals surface area contributed by atoms with Crippen molar-refractivity contribution in [2.75, 3.05) is 5.32 Å². The number of aromatic nitrogens is 4. The van der Waals surface area contributed by atoms with Crippen LogP contribution in [0, 0.1) is 0 Å². The van der Waals surface area contributed by atoms with Crippen LogP contribution in [0.25, 0.3) is 11.4 Å². The van der Waals surface area contributed by atoms with Crippen molar-refractivity contribution in [1.29, 1.82) is 0 Å². The lowest BCUT2D eigenvalue weighted by atomic mass is 10.2. The summed E-state index contributed by atoms with van der Waals surface area (Å²) in [5.41, 5.74) is 1.65. The number of hydrogen-bond donors (Lipinski definition) is 1. The summed E-state index contributed by atoms with van der Waals surface area (Å²) in [6, 6.07) is 18.0. The first-order valence-electron chi connectivity index (χ1n) is 8.61. The van der Waals surface area contributed by atoms with Gasteiger partial charge in [-0.25, -0.2) is 4.68 Å². The van der Waals surface area contributed by atoms with Crippen molar-refractivity contribution in [2.45, 2.75) is 36.0 Å². The molecule has 1 amide bonds. The molecule has 1 saturated carbocycles. The predicted molar refractivity (Wildman–Crippen MR) is 102 cm³/mol. The number of thioether (sulfide) groups is 1. The van der Waals surface area contributed by atoms with Crippen LogP contribution in [0.2, 0.25) is 0 Å². The Balaban J connectivity index is 1.46. The molecule has 0 spiro atoms. The van der Waals surface area contributed by atoms with E-state index in [9.17, 15) is 4.79 Å². The lowest BCUT2D eigenvalue weighted by Gasteiger charge is -2.12. The summed E-state index contributed by atoms with van der Waals surface area (Å²) in [6.07, 6.45) is 2.23. The van der Waals surface area contributed by atoms with Crippen LogP contribution in [0.1, 0.15) is 25.8 Å². The van der Waals surface area contributed by atoms with E-state index in [1.54, 1.807) is 0 Å². The van der Waals surface area contributed by atoms with Crippen molar-refractivity contribution in [2.24, 2.45) is 0 Å². The average Bonchev–Trinajstić information content (AvgIpc) is 3.39. The Morgan fingerprint density at radius 3 is 2.77 bits per heavy atom. The monoisotopic (exact) mass is 365 g/mol. The highest BCUT2D eigenvalue weighted by atomic mass is 32.2. The van der Waals surface area contributed by atoms with Gasteiger partial charge in [-0.15, -0.1) is 16.9 Å². The highest BCUT2D eigenvalue weighted by molar-refractivity contribution is 8.00. The predicted octanol–water partition coefficient (Wildman–Crippen LogP) is 3.79. The van der Waals surface area contributed by atoms with Gasteiger partial charge in [0.05, 0.1) is 11.3 Å². The van der Waals surface area contributed by atoms with Crippen molar-refractivity contribution in [3.8, 4) is 11.4 Å². The molecular formula is C19H19N5OS. The van der Waals surface area contributed by atoms with Crippen LogP contribution in [0.3, 0.4) is 0 Å². The molecule has 4 rings (SSSR count). The maximum atomic E-state index is 12.5. The van der Waals surface area contributed by atoms with Crippen LogP contribution in [0.5, 0.6) is 0 Å². The largest absolute Gasteiger partial charge is 0.325 e. The highest BCUT2D eigenvalue weighted by Gasteiger charge is 2.28. The van der Waals surface area contributed by atoms with Crippen LogP contribution in [-0.2, 0) is 4.79 Å². The maximum Gasteiger partial charge on any atom is 0.237 e. The van der Waals surface area contributed by atoms with Gasteiger partial charge in [-0.1, -0.05) is 30.3 Å².